The van der Waals surface area contributed by atoms with Crippen LogP contribution in [0.25, 0.3) is 0 Å². The van der Waals surface area contributed by atoms with Crippen molar-refractivity contribution in [3.63, 3.8) is 0 Å². The second-order valence-corrected chi connectivity index (χ2v) is 3.13. The molecule has 0 aliphatic rings. The van der Waals surface area contributed by atoms with Crippen LogP contribution in [0, 0.1) is 6.92 Å². The molecule has 0 aromatic heterocycles. The van der Waals surface area contributed by atoms with E-state index in [9.17, 15) is 9.90 Å². The number of hydrogen-bond donors (Lipinski definition) is 3. The zero-order chi connectivity index (χ0) is 10.7. The Kier molecular flexibility index (Phi) is 3.22. The molecule has 0 heterocycles. The van der Waals surface area contributed by atoms with E-state index in [-0.39, 0.29) is 12.1 Å². The Labute approximate surface area is 82.0 Å². The molecule has 4 N–H and O–H groups in total. The quantitative estimate of drug-likeness (QED) is 0.662. The van der Waals surface area contributed by atoms with Gasteiger partial charge in [0.25, 0.3) is 0 Å². The Morgan fingerprint density at radius 2 is 2.21 bits per heavy atom. The summed E-state index contributed by atoms with van der Waals surface area (Å²) < 4.78 is 0. The second-order valence-electron chi connectivity index (χ2n) is 3.13. The first-order valence-corrected chi connectivity index (χ1v) is 4.28. The van der Waals surface area contributed by atoms with E-state index in [1.807, 2.05) is 0 Å². The molecule has 4 nitrogen and oxygen atoms in total. The highest BCUT2D eigenvalue weighted by Gasteiger charge is 2.11. The van der Waals surface area contributed by atoms with E-state index in [1.165, 1.54) is 6.07 Å². The molecule has 0 saturated heterocycles. The van der Waals surface area contributed by atoms with Crippen molar-refractivity contribution in [3.05, 3.63) is 34.9 Å². The molecule has 1 aromatic rings. The Bertz CT molecular complexity index is 349. The predicted molar refractivity (Wildman–Crippen MR) is 52.2 cm³/mol. The summed E-state index contributed by atoms with van der Waals surface area (Å²) in [6.45, 7) is 1.80. The number of nitrogens with two attached hydrogens (primary N) is 1. The molecule has 1 atom stereocenters. The van der Waals surface area contributed by atoms with Gasteiger partial charge in [-0.15, -0.1) is 0 Å². The number of rotatable bonds is 3. The van der Waals surface area contributed by atoms with Crippen LogP contribution in [0.5, 0.6) is 0 Å². The third-order valence-electron chi connectivity index (χ3n) is 2.10. The summed E-state index contributed by atoms with van der Waals surface area (Å²) in [6.07, 6.45) is -0.798. The lowest BCUT2D eigenvalue weighted by molar-refractivity contribution is 0.0695. The SMILES string of the molecule is Cc1ccc(C(O)CN)cc1C(=O)O. The van der Waals surface area contributed by atoms with Crippen LogP contribution in [-0.2, 0) is 0 Å². The highest BCUT2D eigenvalue weighted by atomic mass is 16.4. The van der Waals surface area contributed by atoms with Gasteiger partial charge in [-0.05, 0) is 24.1 Å². The minimum Gasteiger partial charge on any atom is -0.478 e. The molecule has 76 valence electrons. The first-order chi connectivity index (χ1) is 6.56. The third-order valence-corrected chi connectivity index (χ3v) is 2.10. The Morgan fingerprint density at radius 3 is 2.71 bits per heavy atom. The fraction of sp³-hybridized carbons (Fsp3) is 0.300. The molecule has 1 unspecified atom stereocenters. The number of aliphatic hydroxyl groups excluding tert-OH is 1. The minimum atomic E-state index is -0.992. The normalized spacial score (nSPS) is 12.5. The van der Waals surface area contributed by atoms with E-state index < -0.39 is 12.1 Å². The predicted octanol–water partition coefficient (Wildman–Crippen LogP) is 0.685. The maximum atomic E-state index is 10.8. The fourth-order valence-electron chi connectivity index (χ4n) is 1.21. The first kappa shape index (κ1) is 10.7. The molecule has 0 fully saturated rings. The number of carboxylic acid groups (broad SMARTS) is 1. The molecule has 1 rings (SSSR count). The molecule has 0 saturated carbocycles. The number of carbonyl (C=O) groups is 1. The van der Waals surface area contributed by atoms with Gasteiger partial charge in [0.1, 0.15) is 0 Å². The molecule has 0 bridgehead atoms. The van der Waals surface area contributed by atoms with Crippen LogP contribution in [0.2, 0.25) is 0 Å². The highest BCUT2D eigenvalue weighted by molar-refractivity contribution is 5.89. The summed E-state index contributed by atoms with van der Waals surface area (Å²) in [4.78, 5) is 10.8. The van der Waals surface area contributed by atoms with Gasteiger partial charge in [-0.2, -0.15) is 0 Å². The topological polar surface area (TPSA) is 83.5 Å². The molecular formula is C10H13NO3. The van der Waals surface area contributed by atoms with Crippen molar-refractivity contribution in [2.45, 2.75) is 13.0 Å². The van der Waals surface area contributed by atoms with Crippen LogP contribution in [0.1, 0.15) is 27.6 Å². The van der Waals surface area contributed by atoms with Gasteiger partial charge in [-0.3, -0.25) is 0 Å². The van der Waals surface area contributed by atoms with Crippen molar-refractivity contribution >= 4 is 5.97 Å². The summed E-state index contributed by atoms with van der Waals surface area (Å²) in [5.41, 5.74) is 6.68. The molecular weight excluding hydrogens is 182 g/mol. The van der Waals surface area contributed by atoms with Crippen molar-refractivity contribution < 1.29 is 15.0 Å². The molecule has 0 amide bonds. The minimum absolute atomic E-state index is 0.0854. The maximum Gasteiger partial charge on any atom is 0.335 e. The van der Waals surface area contributed by atoms with Crippen molar-refractivity contribution in [1.29, 1.82) is 0 Å². The number of aryl methyl sites for hydroxylation is 1. The number of carboxylic acids is 1. The second kappa shape index (κ2) is 4.21. The monoisotopic (exact) mass is 195 g/mol. The summed E-state index contributed by atoms with van der Waals surface area (Å²) >= 11 is 0. The zero-order valence-electron chi connectivity index (χ0n) is 7.90. The zero-order valence-corrected chi connectivity index (χ0v) is 7.90. The van der Waals surface area contributed by atoms with Crippen molar-refractivity contribution in [3.8, 4) is 0 Å². The van der Waals surface area contributed by atoms with Gasteiger partial charge in [-0.1, -0.05) is 12.1 Å². The standard InChI is InChI=1S/C10H13NO3/c1-6-2-3-7(9(12)5-11)4-8(6)10(13)14/h2-4,9,12H,5,11H2,1H3,(H,13,14). The van der Waals surface area contributed by atoms with E-state index in [1.54, 1.807) is 19.1 Å². The van der Waals surface area contributed by atoms with Crippen LogP contribution in [0.3, 0.4) is 0 Å². The first-order valence-electron chi connectivity index (χ1n) is 4.28. The number of benzene rings is 1. The average molecular weight is 195 g/mol. The van der Waals surface area contributed by atoms with Gasteiger partial charge in [0.15, 0.2) is 0 Å². The number of aliphatic hydroxyl groups is 1. The summed E-state index contributed by atoms with van der Waals surface area (Å²) in [7, 11) is 0. The average Bonchev–Trinajstić information content (AvgIpc) is 2.17. The van der Waals surface area contributed by atoms with Gasteiger partial charge in [-0.25, -0.2) is 4.79 Å². The number of aromatic carboxylic acids is 1. The van der Waals surface area contributed by atoms with Gasteiger partial charge in [0.05, 0.1) is 11.7 Å². The van der Waals surface area contributed by atoms with Crippen molar-refractivity contribution in [2.24, 2.45) is 5.73 Å². The van der Waals surface area contributed by atoms with E-state index >= 15 is 0 Å². The molecule has 0 radical (unpaired) electrons. The van der Waals surface area contributed by atoms with Gasteiger partial charge >= 0.3 is 5.97 Å². The van der Waals surface area contributed by atoms with E-state index in [0.717, 1.165) is 0 Å². The van der Waals surface area contributed by atoms with Crippen molar-refractivity contribution in [1.82, 2.24) is 0 Å². The van der Waals surface area contributed by atoms with E-state index in [4.69, 9.17) is 10.8 Å². The van der Waals surface area contributed by atoms with Crippen LogP contribution in [0.15, 0.2) is 18.2 Å². The maximum absolute atomic E-state index is 10.8. The molecule has 0 aliphatic heterocycles. The lowest BCUT2D eigenvalue weighted by atomic mass is 10.0. The van der Waals surface area contributed by atoms with E-state index in [2.05, 4.69) is 0 Å². The van der Waals surface area contributed by atoms with Gasteiger partial charge < -0.3 is 15.9 Å². The van der Waals surface area contributed by atoms with Crippen LogP contribution >= 0.6 is 0 Å². The van der Waals surface area contributed by atoms with Gasteiger partial charge in [0, 0.05) is 6.54 Å². The molecule has 0 spiro atoms. The fourth-order valence-corrected chi connectivity index (χ4v) is 1.21. The molecule has 14 heavy (non-hydrogen) atoms. The Morgan fingerprint density at radius 1 is 1.57 bits per heavy atom. The summed E-state index contributed by atoms with van der Waals surface area (Å²) in [5.74, 6) is -0.992. The molecule has 1 aromatic carbocycles. The van der Waals surface area contributed by atoms with Crippen LogP contribution < -0.4 is 5.73 Å². The summed E-state index contributed by atoms with van der Waals surface area (Å²) in [6, 6.07) is 4.80. The lowest BCUT2D eigenvalue weighted by Gasteiger charge is -2.09. The van der Waals surface area contributed by atoms with Crippen molar-refractivity contribution in [2.75, 3.05) is 6.54 Å². The molecule has 4 heteroatoms. The third kappa shape index (κ3) is 2.10. The Balaban J connectivity index is 3.12. The smallest absolute Gasteiger partial charge is 0.335 e. The summed E-state index contributed by atoms with van der Waals surface area (Å²) in [5, 5.41) is 18.2. The number of hydrogen-bond acceptors (Lipinski definition) is 3. The molecule has 0 aliphatic carbocycles. The van der Waals surface area contributed by atoms with E-state index in [0.29, 0.717) is 11.1 Å². The lowest BCUT2D eigenvalue weighted by Crippen LogP contribution is -2.12. The largest absolute Gasteiger partial charge is 0.478 e. The van der Waals surface area contributed by atoms with Crippen LogP contribution in [-0.4, -0.2) is 22.7 Å². The highest BCUT2D eigenvalue weighted by Crippen LogP contribution is 2.16. The van der Waals surface area contributed by atoms with Gasteiger partial charge in [0.2, 0.25) is 0 Å². The Hall–Kier alpha value is -1.39. The van der Waals surface area contributed by atoms with Crippen LogP contribution in [0.4, 0.5) is 0 Å².